The molecule has 2 aromatic heterocycles. The standard InChI is InChI=1S/C33H24IN3O6/c1-2-41-28-16-21(15-25(34)30(28)42-19-20-8-7-10-23(14-20)33(39)40)18-35-37-31(29-17-22-9-3-6-13-27(22)43-29)36-26-12-5-4-11-24(26)32(37)38/h3-18H,2,19H2,1H3,(H,39,40). The van der Waals surface area contributed by atoms with Crippen molar-refractivity contribution in [3.05, 3.63) is 122 Å². The monoisotopic (exact) mass is 685 g/mol. The SMILES string of the molecule is CCOc1cc(C=Nn2c(-c3cc4ccccc4o3)nc3ccccc3c2=O)cc(I)c1OCc1cccc(C(=O)O)c1. The van der Waals surface area contributed by atoms with Gasteiger partial charge in [-0.2, -0.15) is 9.78 Å². The zero-order valence-corrected chi connectivity index (χ0v) is 25.0. The molecule has 0 aliphatic rings. The van der Waals surface area contributed by atoms with E-state index in [4.69, 9.17) is 18.9 Å². The van der Waals surface area contributed by atoms with Crippen LogP contribution in [0.5, 0.6) is 11.5 Å². The van der Waals surface area contributed by atoms with Gasteiger partial charge in [-0.3, -0.25) is 4.79 Å². The van der Waals surface area contributed by atoms with Crippen molar-refractivity contribution in [2.45, 2.75) is 13.5 Å². The number of halogens is 1. The molecule has 214 valence electrons. The summed E-state index contributed by atoms with van der Waals surface area (Å²) in [7, 11) is 0. The molecule has 0 unspecified atom stereocenters. The second-order valence-electron chi connectivity index (χ2n) is 9.52. The third-order valence-corrected chi connectivity index (χ3v) is 7.41. The van der Waals surface area contributed by atoms with Crippen molar-refractivity contribution < 1.29 is 23.8 Å². The number of rotatable bonds is 9. The Morgan fingerprint density at radius 3 is 2.65 bits per heavy atom. The smallest absolute Gasteiger partial charge is 0.335 e. The van der Waals surface area contributed by atoms with Crippen molar-refractivity contribution in [3.63, 3.8) is 0 Å². The number of fused-ring (bicyclic) bond motifs is 2. The molecule has 0 aliphatic carbocycles. The summed E-state index contributed by atoms with van der Waals surface area (Å²) in [6.07, 6.45) is 1.56. The number of para-hydroxylation sites is 2. The number of carboxylic acids is 1. The fourth-order valence-corrected chi connectivity index (χ4v) is 5.40. The zero-order chi connectivity index (χ0) is 29.9. The van der Waals surface area contributed by atoms with Gasteiger partial charge in [0.2, 0.25) is 5.82 Å². The molecule has 6 rings (SSSR count). The summed E-state index contributed by atoms with van der Waals surface area (Å²) in [5.74, 6) is 0.708. The van der Waals surface area contributed by atoms with Crippen molar-refractivity contribution in [2.24, 2.45) is 5.10 Å². The molecule has 0 aliphatic heterocycles. The minimum Gasteiger partial charge on any atom is -0.490 e. The Hall–Kier alpha value is -4.97. The highest BCUT2D eigenvalue weighted by atomic mass is 127. The lowest BCUT2D eigenvalue weighted by Crippen LogP contribution is -2.20. The van der Waals surface area contributed by atoms with Crippen LogP contribution < -0.4 is 15.0 Å². The van der Waals surface area contributed by atoms with E-state index in [1.165, 1.54) is 10.7 Å². The number of aromatic nitrogens is 2. The summed E-state index contributed by atoms with van der Waals surface area (Å²) in [4.78, 5) is 29.7. The van der Waals surface area contributed by atoms with E-state index in [0.717, 1.165) is 8.96 Å². The van der Waals surface area contributed by atoms with Gasteiger partial charge in [0, 0.05) is 5.39 Å². The molecular weight excluding hydrogens is 661 g/mol. The summed E-state index contributed by atoms with van der Waals surface area (Å²) in [5, 5.41) is 15.2. The fraction of sp³-hybridized carbons (Fsp3) is 0.0909. The molecule has 0 amide bonds. The lowest BCUT2D eigenvalue weighted by Gasteiger charge is -2.15. The van der Waals surface area contributed by atoms with Crippen LogP contribution in [0.15, 0.2) is 105 Å². The van der Waals surface area contributed by atoms with Crippen molar-refractivity contribution >= 4 is 56.6 Å². The molecule has 0 saturated carbocycles. The van der Waals surface area contributed by atoms with Crippen LogP contribution in [0.25, 0.3) is 33.5 Å². The molecule has 0 spiro atoms. The number of hydrogen-bond donors (Lipinski definition) is 1. The predicted molar refractivity (Wildman–Crippen MR) is 172 cm³/mol. The van der Waals surface area contributed by atoms with Gasteiger partial charge < -0.3 is 19.0 Å². The van der Waals surface area contributed by atoms with Crippen LogP contribution in [-0.2, 0) is 6.61 Å². The molecule has 2 heterocycles. The summed E-state index contributed by atoms with van der Waals surface area (Å²) < 4.78 is 20.0. The van der Waals surface area contributed by atoms with Crippen LogP contribution in [0.4, 0.5) is 0 Å². The van der Waals surface area contributed by atoms with Crippen molar-refractivity contribution in [2.75, 3.05) is 6.61 Å². The highest BCUT2D eigenvalue weighted by Gasteiger charge is 2.17. The molecule has 43 heavy (non-hydrogen) atoms. The van der Waals surface area contributed by atoms with Gasteiger partial charge in [-0.1, -0.05) is 42.5 Å². The highest BCUT2D eigenvalue weighted by Crippen LogP contribution is 2.35. The maximum Gasteiger partial charge on any atom is 0.335 e. The van der Waals surface area contributed by atoms with Crippen LogP contribution in [0.3, 0.4) is 0 Å². The van der Waals surface area contributed by atoms with Gasteiger partial charge in [0.25, 0.3) is 5.56 Å². The second-order valence-corrected chi connectivity index (χ2v) is 10.7. The van der Waals surface area contributed by atoms with Crippen LogP contribution >= 0.6 is 22.6 Å². The van der Waals surface area contributed by atoms with Gasteiger partial charge in [0.05, 0.1) is 32.9 Å². The number of furan rings is 1. The van der Waals surface area contributed by atoms with Gasteiger partial charge in [0.1, 0.15) is 12.2 Å². The number of benzene rings is 4. The normalized spacial score (nSPS) is 11.4. The minimum atomic E-state index is -1.00. The lowest BCUT2D eigenvalue weighted by atomic mass is 10.1. The molecule has 6 aromatic rings. The van der Waals surface area contributed by atoms with Crippen molar-refractivity contribution in [3.8, 4) is 23.1 Å². The first-order valence-electron chi connectivity index (χ1n) is 13.4. The lowest BCUT2D eigenvalue weighted by molar-refractivity contribution is 0.0696. The second kappa shape index (κ2) is 12.1. The molecule has 0 bridgehead atoms. The predicted octanol–water partition coefficient (Wildman–Crippen LogP) is 6.97. The van der Waals surface area contributed by atoms with Crippen LogP contribution in [0.2, 0.25) is 0 Å². The Labute approximate surface area is 259 Å². The van der Waals surface area contributed by atoms with E-state index in [2.05, 4.69) is 27.7 Å². The molecule has 0 saturated heterocycles. The summed E-state index contributed by atoms with van der Waals surface area (Å²) in [6, 6.07) is 26.8. The number of carboxylic acid groups (broad SMARTS) is 1. The number of hydrogen-bond acceptors (Lipinski definition) is 7. The quantitative estimate of drug-likeness (QED) is 0.129. The van der Waals surface area contributed by atoms with Crippen LogP contribution in [-0.4, -0.2) is 33.6 Å². The zero-order valence-electron chi connectivity index (χ0n) is 22.9. The Balaban J connectivity index is 1.38. The molecular formula is C33H24IN3O6. The Morgan fingerprint density at radius 1 is 1.02 bits per heavy atom. The topological polar surface area (TPSA) is 116 Å². The third kappa shape index (κ3) is 5.86. The van der Waals surface area contributed by atoms with E-state index in [0.29, 0.717) is 51.5 Å². The summed E-state index contributed by atoms with van der Waals surface area (Å²) >= 11 is 2.15. The summed E-state index contributed by atoms with van der Waals surface area (Å²) in [5.41, 5.74) is 2.46. The maximum atomic E-state index is 13.6. The van der Waals surface area contributed by atoms with E-state index >= 15 is 0 Å². The van der Waals surface area contributed by atoms with E-state index in [1.807, 2.05) is 49.4 Å². The van der Waals surface area contributed by atoms with Crippen LogP contribution in [0, 0.1) is 3.57 Å². The Bertz CT molecular complexity index is 2050. The summed E-state index contributed by atoms with van der Waals surface area (Å²) in [6.45, 7) is 2.42. The van der Waals surface area contributed by atoms with E-state index in [1.54, 1.807) is 48.7 Å². The first kappa shape index (κ1) is 28.2. The molecule has 10 heteroatoms. The van der Waals surface area contributed by atoms with Crippen LogP contribution in [0.1, 0.15) is 28.4 Å². The van der Waals surface area contributed by atoms with Crippen molar-refractivity contribution in [1.82, 2.24) is 9.66 Å². The average Bonchev–Trinajstić information content (AvgIpc) is 3.45. The Morgan fingerprint density at radius 2 is 1.84 bits per heavy atom. The largest absolute Gasteiger partial charge is 0.490 e. The third-order valence-electron chi connectivity index (χ3n) is 6.61. The molecule has 0 fully saturated rings. The highest BCUT2D eigenvalue weighted by molar-refractivity contribution is 14.1. The number of ether oxygens (including phenoxy) is 2. The van der Waals surface area contributed by atoms with E-state index in [9.17, 15) is 14.7 Å². The van der Waals surface area contributed by atoms with E-state index < -0.39 is 5.97 Å². The van der Waals surface area contributed by atoms with E-state index in [-0.39, 0.29) is 23.6 Å². The average molecular weight is 685 g/mol. The van der Waals surface area contributed by atoms with Crippen molar-refractivity contribution in [1.29, 1.82) is 0 Å². The van der Waals surface area contributed by atoms with Gasteiger partial charge in [-0.15, -0.1) is 0 Å². The van der Waals surface area contributed by atoms with Gasteiger partial charge in [-0.05, 0) is 89.2 Å². The number of nitrogens with zero attached hydrogens (tertiary/aromatic N) is 3. The number of aromatic carboxylic acids is 1. The first-order chi connectivity index (χ1) is 20.9. The maximum absolute atomic E-state index is 13.6. The minimum absolute atomic E-state index is 0.156. The Kier molecular flexibility index (Phi) is 7.93. The first-order valence-corrected chi connectivity index (χ1v) is 14.5. The molecule has 0 atom stereocenters. The molecule has 1 N–H and O–H groups in total. The molecule has 9 nitrogen and oxygen atoms in total. The molecule has 0 radical (unpaired) electrons. The van der Waals surface area contributed by atoms with Gasteiger partial charge in [0.15, 0.2) is 17.3 Å². The number of carbonyl (C=O) groups is 1. The molecule has 4 aromatic carbocycles. The fourth-order valence-electron chi connectivity index (χ4n) is 4.62. The van der Waals surface area contributed by atoms with Gasteiger partial charge >= 0.3 is 5.97 Å². The van der Waals surface area contributed by atoms with Gasteiger partial charge in [-0.25, -0.2) is 9.78 Å².